The van der Waals surface area contributed by atoms with Crippen LogP contribution in [0.2, 0.25) is 5.28 Å². The normalized spacial score (nSPS) is 10.1. The maximum atomic E-state index is 5.60. The zero-order valence-electron chi connectivity index (χ0n) is 7.74. The highest BCUT2D eigenvalue weighted by molar-refractivity contribution is 6.28. The van der Waals surface area contributed by atoms with Crippen molar-refractivity contribution in [2.75, 3.05) is 0 Å². The highest BCUT2D eigenvalue weighted by Gasteiger charge is 1.98. The van der Waals surface area contributed by atoms with E-state index < -0.39 is 0 Å². The Labute approximate surface area is 87.6 Å². The molecule has 0 saturated heterocycles. The Bertz CT molecular complexity index is 377. The molecule has 0 N–H and O–H groups in total. The summed E-state index contributed by atoms with van der Waals surface area (Å²) >= 11 is 5.60. The first-order valence-electron chi connectivity index (χ1n) is 4.30. The Hall–Kier alpha value is -1.41. The van der Waals surface area contributed by atoms with Gasteiger partial charge >= 0.3 is 0 Å². The minimum atomic E-state index is 0.279. The predicted octanol–water partition coefficient (Wildman–Crippen LogP) is 3.11. The largest absolute Gasteiger partial charge is 0.226 e. The molecular weight excluding hydrogens is 196 g/mol. The Balaban J connectivity index is 2.40. The van der Waals surface area contributed by atoms with Crippen LogP contribution in [-0.4, -0.2) is 9.97 Å². The lowest BCUT2D eigenvalue weighted by molar-refractivity contribution is 1.17. The molecule has 0 spiro atoms. The molecule has 2 nitrogen and oxygen atoms in total. The van der Waals surface area contributed by atoms with E-state index in [-0.39, 0.29) is 5.28 Å². The van der Waals surface area contributed by atoms with Gasteiger partial charge < -0.3 is 0 Å². The molecule has 3 heteroatoms. The van der Waals surface area contributed by atoms with E-state index in [9.17, 15) is 0 Å². The lowest BCUT2D eigenvalue weighted by Gasteiger charge is -2.00. The van der Waals surface area contributed by atoms with Gasteiger partial charge in [-0.1, -0.05) is 29.8 Å². The Morgan fingerprint density at radius 1 is 0.929 bits per heavy atom. The molecule has 1 aromatic heterocycles. The quantitative estimate of drug-likeness (QED) is 0.667. The lowest BCUT2D eigenvalue weighted by atomic mass is 10.1. The summed E-state index contributed by atoms with van der Waals surface area (Å²) in [7, 11) is 0. The molecule has 0 atom stereocenters. The van der Waals surface area contributed by atoms with Crippen LogP contribution in [0.25, 0.3) is 11.1 Å². The van der Waals surface area contributed by atoms with Crippen molar-refractivity contribution in [1.29, 1.82) is 0 Å². The van der Waals surface area contributed by atoms with Gasteiger partial charge in [-0.25, -0.2) is 9.97 Å². The summed E-state index contributed by atoms with van der Waals surface area (Å²) in [5, 5.41) is 0.279. The van der Waals surface area contributed by atoms with Gasteiger partial charge in [0.25, 0.3) is 0 Å². The average Bonchev–Trinajstić information content (AvgIpc) is 2.21. The van der Waals surface area contributed by atoms with E-state index in [1.54, 1.807) is 12.4 Å². The van der Waals surface area contributed by atoms with E-state index in [0.717, 1.165) is 11.1 Å². The van der Waals surface area contributed by atoms with Crippen LogP contribution in [-0.2, 0) is 0 Å². The van der Waals surface area contributed by atoms with Crippen LogP contribution < -0.4 is 0 Å². The lowest BCUT2D eigenvalue weighted by Crippen LogP contribution is -1.84. The first-order chi connectivity index (χ1) is 6.75. The molecule has 1 aromatic carbocycles. The average molecular weight is 205 g/mol. The molecule has 0 saturated carbocycles. The van der Waals surface area contributed by atoms with Gasteiger partial charge in [0.2, 0.25) is 5.28 Å². The van der Waals surface area contributed by atoms with Gasteiger partial charge in [0, 0.05) is 18.0 Å². The van der Waals surface area contributed by atoms with E-state index in [4.69, 9.17) is 11.6 Å². The maximum Gasteiger partial charge on any atom is 0.222 e. The number of hydrogen-bond donors (Lipinski definition) is 0. The molecule has 0 radical (unpaired) electrons. The van der Waals surface area contributed by atoms with Crippen molar-refractivity contribution in [1.82, 2.24) is 9.97 Å². The predicted molar refractivity (Wildman–Crippen MR) is 57.2 cm³/mol. The molecule has 0 amide bonds. The first-order valence-corrected chi connectivity index (χ1v) is 4.68. The molecule has 14 heavy (non-hydrogen) atoms. The number of aromatic nitrogens is 2. The third-order valence-electron chi connectivity index (χ3n) is 2.01. The summed E-state index contributed by atoms with van der Waals surface area (Å²) in [4.78, 5) is 7.86. The van der Waals surface area contributed by atoms with Crippen LogP contribution in [0, 0.1) is 6.92 Å². The summed E-state index contributed by atoms with van der Waals surface area (Å²) in [6.07, 6.45) is 3.44. The zero-order chi connectivity index (χ0) is 9.97. The third kappa shape index (κ3) is 1.91. The minimum Gasteiger partial charge on any atom is -0.226 e. The van der Waals surface area contributed by atoms with E-state index in [1.807, 2.05) is 12.1 Å². The van der Waals surface area contributed by atoms with Crippen molar-refractivity contribution in [3.8, 4) is 11.1 Å². The van der Waals surface area contributed by atoms with E-state index in [2.05, 4.69) is 29.0 Å². The van der Waals surface area contributed by atoms with Crippen molar-refractivity contribution in [3.63, 3.8) is 0 Å². The smallest absolute Gasteiger partial charge is 0.222 e. The van der Waals surface area contributed by atoms with Crippen LogP contribution in [0.4, 0.5) is 0 Å². The Kier molecular flexibility index (Phi) is 2.46. The fourth-order valence-electron chi connectivity index (χ4n) is 1.21. The second kappa shape index (κ2) is 3.76. The second-order valence-electron chi connectivity index (χ2n) is 3.11. The molecule has 0 aliphatic carbocycles. The van der Waals surface area contributed by atoms with Gasteiger partial charge in [-0.15, -0.1) is 0 Å². The summed E-state index contributed by atoms with van der Waals surface area (Å²) in [5.74, 6) is 0. The molecule has 0 bridgehead atoms. The van der Waals surface area contributed by atoms with Crippen LogP contribution in [0.15, 0.2) is 36.7 Å². The topological polar surface area (TPSA) is 25.8 Å². The molecule has 0 aliphatic heterocycles. The summed E-state index contributed by atoms with van der Waals surface area (Å²) in [5.41, 5.74) is 3.32. The number of nitrogens with zero attached hydrogens (tertiary/aromatic N) is 2. The van der Waals surface area contributed by atoms with Crippen LogP contribution in [0.3, 0.4) is 0 Å². The van der Waals surface area contributed by atoms with Crippen molar-refractivity contribution in [2.24, 2.45) is 0 Å². The van der Waals surface area contributed by atoms with E-state index in [0.29, 0.717) is 0 Å². The van der Waals surface area contributed by atoms with E-state index in [1.165, 1.54) is 5.56 Å². The second-order valence-corrected chi connectivity index (χ2v) is 3.44. The Morgan fingerprint density at radius 3 is 2.07 bits per heavy atom. The number of hydrogen-bond acceptors (Lipinski definition) is 2. The van der Waals surface area contributed by atoms with Crippen LogP contribution >= 0.6 is 11.6 Å². The number of benzene rings is 1. The fourth-order valence-corrected chi connectivity index (χ4v) is 1.30. The SMILES string of the molecule is Cc1ccc(-c2cnc(Cl)nc2)cc1. The Morgan fingerprint density at radius 2 is 1.50 bits per heavy atom. The maximum absolute atomic E-state index is 5.60. The number of rotatable bonds is 1. The van der Waals surface area contributed by atoms with Crippen molar-refractivity contribution in [2.45, 2.75) is 6.92 Å². The third-order valence-corrected chi connectivity index (χ3v) is 2.20. The highest BCUT2D eigenvalue weighted by atomic mass is 35.5. The monoisotopic (exact) mass is 204 g/mol. The summed E-state index contributed by atoms with van der Waals surface area (Å²) in [6.45, 7) is 2.06. The molecule has 2 rings (SSSR count). The first kappa shape index (κ1) is 9.16. The van der Waals surface area contributed by atoms with Gasteiger partial charge in [0.1, 0.15) is 0 Å². The van der Waals surface area contributed by atoms with Gasteiger partial charge in [-0.2, -0.15) is 0 Å². The molecule has 0 fully saturated rings. The molecule has 0 aliphatic rings. The van der Waals surface area contributed by atoms with Crippen LogP contribution in [0.5, 0.6) is 0 Å². The zero-order valence-corrected chi connectivity index (χ0v) is 8.49. The minimum absolute atomic E-state index is 0.279. The number of aryl methyl sites for hydroxylation is 1. The van der Waals surface area contributed by atoms with Gasteiger partial charge in [0.15, 0.2) is 0 Å². The molecular formula is C11H9ClN2. The number of halogens is 1. The fraction of sp³-hybridized carbons (Fsp3) is 0.0909. The van der Waals surface area contributed by atoms with Gasteiger partial charge in [-0.05, 0) is 24.1 Å². The van der Waals surface area contributed by atoms with E-state index >= 15 is 0 Å². The summed E-state index contributed by atoms with van der Waals surface area (Å²) < 4.78 is 0. The van der Waals surface area contributed by atoms with Crippen molar-refractivity contribution < 1.29 is 0 Å². The highest BCUT2D eigenvalue weighted by Crippen LogP contribution is 2.18. The summed E-state index contributed by atoms with van der Waals surface area (Å²) in [6, 6.07) is 8.21. The van der Waals surface area contributed by atoms with Gasteiger partial charge in [0.05, 0.1) is 0 Å². The van der Waals surface area contributed by atoms with Gasteiger partial charge in [-0.3, -0.25) is 0 Å². The standard InChI is InChI=1S/C11H9ClN2/c1-8-2-4-9(5-3-8)10-6-13-11(12)14-7-10/h2-7H,1H3. The van der Waals surface area contributed by atoms with Crippen molar-refractivity contribution in [3.05, 3.63) is 47.5 Å². The molecule has 1 heterocycles. The molecule has 70 valence electrons. The molecule has 0 unspecified atom stereocenters. The molecule has 2 aromatic rings. The van der Waals surface area contributed by atoms with Crippen molar-refractivity contribution >= 4 is 11.6 Å². The van der Waals surface area contributed by atoms with Crippen LogP contribution in [0.1, 0.15) is 5.56 Å².